The van der Waals surface area contributed by atoms with Crippen LogP contribution in [-0.2, 0) is 4.79 Å². The first-order chi connectivity index (χ1) is 6.70. The number of allylic oxidation sites excluding steroid dienone is 3. The molecule has 0 aromatic rings. The van der Waals surface area contributed by atoms with E-state index >= 15 is 0 Å². The summed E-state index contributed by atoms with van der Waals surface area (Å²) >= 11 is 0. The van der Waals surface area contributed by atoms with E-state index in [9.17, 15) is 4.79 Å². The molecular weight excluding hydrogens is 176 g/mol. The Balaban J connectivity index is 3.08. The summed E-state index contributed by atoms with van der Waals surface area (Å²) in [5.74, 6) is 0.173. The smallest absolute Gasteiger partial charge is 0.227 e. The minimum absolute atomic E-state index is 0.173. The molecule has 1 amide bonds. The lowest BCUT2D eigenvalue weighted by Gasteiger charge is -2.25. The molecule has 0 radical (unpaired) electrons. The van der Waals surface area contributed by atoms with E-state index in [2.05, 4.69) is 4.99 Å². The van der Waals surface area contributed by atoms with E-state index in [1.165, 1.54) is 0 Å². The maximum absolute atomic E-state index is 11.4. The van der Waals surface area contributed by atoms with Crippen molar-refractivity contribution in [2.24, 2.45) is 4.99 Å². The topological polar surface area (TPSA) is 32.7 Å². The van der Waals surface area contributed by atoms with Crippen LogP contribution in [0.25, 0.3) is 0 Å². The van der Waals surface area contributed by atoms with Gasteiger partial charge < -0.3 is 4.90 Å². The Bertz CT molecular complexity index is 313. The van der Waals surface area contributed by atoms with Crippen molar-refractivity contribution in [2.75, 3.05) is 14.1 Å². The third kappa shape index (κ3) is 2.10. The molecular formula is C11H16N2O. The predicted molar refractivity (Wildman–Crippen MR) is 58.3 cm³/mol. The maximum Gasteiger partial charge on any atom is 0.227 e. The van der Waals surface area contributed by atoms with Gasteiger partial charge >= 0.3 is 0 Å². The molecule has 3 nitrogen and oxygen atoms in total. The average Bonchev–Trinajstić information content (AvgIpc) is 2.18. The fraction of sp³-hybridized carbons (Fsp3) is 0.455. The highest BCUT2D eigenvalue weighted by Gasteiger charge is 2.20. The first kappa shape index (κ1) is 10.7. The highest BCUT2D eigenvalue weighted by molar-refractivity contribution is 5.88. The molecule has 76 valence electrons. The molecule has 1 aliphatic rings. The highest BCUT2D eigenvalue weighted by Crippen LogP contribution is 2.21. The summed E-state index contributed by atoms with van der Waals surface area (Å²) in [6, 6.07) is 0. The normalized spacial score (nSPS) is 19.1. The summed E-state index contributed by atoms with van der Waals surface area (Å²) in [6.07, 6.45) is 7.10. The summed E-state index contributed by atoms with van der Waals surface area (Å²) in [7, 11) is 3.55. The van der Waals surface area contributed by atoms with Crippen LogP contribution in [-0.4, -0.2) is 31.1 Å². The van der Waals surface area contributed by atoms with Gasteiger partial charge in [0.15, 0.2) is 0 Å². The van der Waals surface area contributed by atoms with Crippen molar-refractivity contribution in [2.45, 2.75) is 19.8 Å². The van der Waals surface area contributed by atoms with Crippen LogP contribution in [0.15, 0.2) is 28.4 Å². The van der Waals surface area contributed by atoms with Crippen molar-refractivity contribution < 1.29 is 4.79 Å². The second-order valence-corrected chi connectivity index (χ2v) is 3.25. The number of carbonyl (C=O) groups excluding carboxylic acids is 1. The molecule has 0 fully saturated rings. The summed E-state index contributed by atoms with van der Waals surface area (Å²) in [5, 5.41) is 0. The van der Waals surface area contributed by atoms with Gasteiger partial charge in [0.1, 0.15) is 0 Å². The van der Waals surface area contributed by atoms with E-state index < -0.39 is 0 Å². The van der Waals surface area contributed by atoms with Gasteiger partial charge in [-0.2, -0.15) is 0 Å². The molecule has 0 aromatic carbocycles. The number of aliphatic imine (C=N–C) groups is 1. The monoisotopic (exact) mass is 192 g/mol. The predicted octanol–water partition coefficient (Wildman–Crippen LogP) is 1.77. The molecule has 0 saturated heterocycles. The van der Waals surface area contributed by atoms with Crippen LogP contribution in [0.4, 0.5) is 0 Å². The quantitative estimate of drug-likeness (QED) is 0.614. The van der Waals surface area contributed by atoms with E-state index in [-0.39, 0.29) is 5.91 Å². The Labute approximate surface area is 84.8 Å². The largest absolute Gasteiger partial charge is 0.315 e. The molecule has 1 rings (SSSR count). The van der Waals surface area contributed by atoms with Gasteiger partial charge in [-0.1, -0.05) is 6.08 Å². The van der Waals surface area contributed by atoms with Crippen LogP contribution >= 0.6 is 0 Å². The first-order valence-electron chi connectivity index (χ1n) is 4.75. The zero-order valence-corrected chi connectivity index (χ0v) is 8.95. The molecule has 1 aliphatic heterocycles. The minimum Gasteiger partial charge on any atom is -0.315 e. The second-order valence-electron chi connectivity index (χ2n) is 3.25. The standard InChI is InChI=1S/C11H16N2O/c1-4-5-10-9(8-12-2)6-7-11(14)13(10)3/h4-5,8H,6-7H2,1-3H3/b5-4-,12-8-. The third-order valence-electron chi connectivity index (χ3n) is 2.28. The average molecular weight is 192 g/mol. The first-order valence-corrected chi connectivity index (χ1v) is 4.75. The number of nitrogens with zero attached hydrogens (tertiary/aromatic N) is 2. The van der Waals surface area contributed by atoms with Crippen molar-refractivity contribution in [1.29, 1.82) is 0 Å². The Kier molecular flexibility index (Phi) is 3.63. The molecule has 0 aliphatic carbocycles. The van der Waals surface area contributed by atoms with Gasteiger partial charge in [-0.15, -0.1) is 0 Å². The molecule has 0 N–H and O–H groups in total. The lowest BCUT2D eigenvalue weighted by molar-refractivity contribution is -0.128. The van der Waals surface area contributed by atoms with E-state index in [1.54, 1.807) is 19.0 Å². The zero-order chi connectivity index (χ0) is 10.6. The molecule has 0 unspecified atom stereocenters. The molecule has 3 heteroatoms. The number of hydrogen-bond donors (Lipinski definition) is 0. The van der Waals surface area contributed by atoms with Crippen molar-refractivity contribution in [3.63, 3.8) is 0 Å². The maximum atomic E-state index is 11.4. The van der Waals surface area contributed by atoms with E-state index in [0.29, 0.717) is 6.42 Å². The number of carbonyl (C=O) groups is 1. The van der Waals surface area contributed by atoms with Crippen LogP contribution in [0.2, 0.25) is 0 Å². The minimum atomic E-state index is 0.173. The summed E-state index contributed by atoms with van der Waals surface area (Å²) in [5.41, 5.74) is 2.10. The lowest BCUT2D eigenvalue weighted by Crippen LogP contribution is -2.30. The van der Waals surface area contributed by atoms with Crippen LogP contribution < -0.4 is 0 Å². The van der Waals surface area contributed by atoms with E-state index in [4.69, 9.17) is 0 Å². The van der Waals surface area contributed by atoms with Gasteiger partial charge in [0, 0.05) is 32.4 Å². The fourth-order valence-electron chi connectivity index (χ4n) is 1.55. The second kappa shape index (κ2) is 4.74. The Hall–Kier alpha value is -1.38. The number of hydrogen-bond acceptors (Lipinski definition) is 2. The molecule has 0 aromatic heterocycles. The number of rotatable bonds is 2. The Morgan fingerprint density at radius 1 is 1.43 bits per heavy atom. The SMILES string of the molecule is C/C=C\C1=C(/C=N\C)CCC(=O)N1C. The van der Waals surface area contributed by atoms with Crippen LogP contribution in [0.3, 0.4) is 0 Å². The third-order valence-corrected chi connectivity index (χ3v) is 2.28. The lowest BCUT2D eigenvalue weighted by atomic mass is 10.0. The molecule has 14 heavy (non-hydrogen) atoms. The van der Waals surface area contributed by atoms with Gasteiger partial charge in [0.25, 0.3) is 0 Å². The Morgan fingerprint density at radius 3 is 2.71 bits per heavy atom. The summed E-state index contributed by atoms with van der Waals surface area (Å²) in [6.45, 7) is 1.95. The van der Waals surface area contributed by atoms with Gasteiger partial charge in [-0.05, 0) is 25.0 Å². The number of amides is 1. The van der Waals surface area contributed by atoms with Gasteiger partial charge in [-0.25, -0.2) is 0 Å². The van der Waals surface area contributed by atoms with E-state index in [0.717, 1.165) is 17.7 Å². The Morgan fingerprint density at radius 2 is 2.14 bits per heavy atom. The van der Waals surface area contributed by atoms with Crippen molar-refractivity contribution >= 4 is 12.1 Å². The molecule has 0 spiro atoms. The fourth-order valence-corrected chi connectivity index (χ4v) is 1.55. The molecule has 1 heterocycles. The van der Waals surface area contributed by atoms with Gasteiger partial charge in [-0.3, -0.25) is 9.79 Å². The van der Waals surface area contributed by atoms with Gasteiger partial charge in [0.2, 0.25) is 5.91 Å². The van der Waals surface area contributed by atoms with E-state index in [1.807, 2.05) is 25.3 Å². The van der Waals surface area contributed by atoms with Gasteiger partial charge in [0.05, 0.1) is 0 Å². The molecule has 0 bridgehead atoms. The summed E-state index contributed by atoms with van der Waals surface area (Å²) < 4.78 is 0. The van der Waals surface area contributed by atoms with Crippen molar-refractivity contribution in [3.8, 4) is 0 Å². The van der Waals surface area contributed by atoms with Crippen LogP contribution in [0.1, 0.15) is 19.8 Å². The molecule has 0 atom stereocenters. The zero-order valence-electron chi connectivity index (χ0n) is 8.95. The number of likely N-dealkylation sites (N-methyl/N-ethyl adjacent to an activating group) is 1. The van der Waals surface area contributed by atoms with Crippen molar-refractivity contribution in [3.05, 3.63) is 23.4 Å². The van der Waals surface area contributed by atoms with Crippen LogP contribution in [0.5, 0.6) is 0 Å². The van der Waals surface area contributed by atoms with Crippen LogP contribution in [0, 0.1) is 0 Å². The molecule has 0 saturated carbocycles. The highest BCUT2D eigenvalue weighted by atomic mass is 16.2. The summed E-state index contributed by atoms with van der Waals surface area (Å²) in [4.78, 5) is 17.1. The van der Waals surface area contributed by atoms with Crippen molar-refractivity contribution in [1.82, 2.24) is 4.90 Å².